The highest BCUT2D eigenvalue weighted by molar-refractivity contribution is 5.79. The number of halogens is 3. The van der Waals surface area contributed by atoms with E-state index in [9.17, 15) is 18.0 Å². The van der Waals surface area contributed by atoms with Crippen LogP contribution in [0.25, 0.3) is 0 Å². The minimum atomic E-state index is -4.39. The molecule has 0 saturated carbocycles. The van der Waals surface area contributed by atoms with Crippen LogP contribution in [0.15, 0.2) is 24.3 Å². The van der Waals surface area contributed by atoms with Crippen molar-refractivity contribution in [2.45, 2.75) is 26.4 Å². The third kappa shape index (κ3) is 5.95. The molecule has 0 aliphatic rings. The molecule has 0 atom stereocenters. The fourth-order valence-electron chi connectivity index (χ4n) is 1.90. The molecular weight excluding hydrogens is 269 g/mol. The van der Waals surface area contributed by atoms with Crippen LogP contribution in [0.1, 0.15) is 19.4 Å². The van der Waals surface area contributed by atoms with Gasteiger partial charge in [0.2, 0.25) is 5.91 Å². The summed E-state index contributed by atoms with van der Waals surface area (Å²) in [6, 6.07) is 6.61. The second kappa shape index (κ2) is 6.63. The fourth-order valence-corrected chi connectivity index (χ4v) is 1.90. The molecule has 1 aromatic rings. The van der Waals surface area contributed by atoms with E-state index in [1.807, 2.05) is 0 Å². The maximum absolute atomic E-state index is 12.5. The first-order valence-electron chi connectivity index (χ1n) is 6.36. The van der Waals surface area contributed by atoms with Gasteiger partial charge in [0, 0.05) is 12.2 Å². The van der Waals surface area contributed by atoms with Crippen LogP contribution in [-0.4, -0.2) is 30.1 Å². The molecule has 0 aliphatic heterocycles. The molecule has 0 heterocycles. The first-order chi connectivity index (χ1) is 9.17. The molecule has 1 aromatic carbocycles. The summed E-state index contributed by atoms with van der Waals surface area (Å²) in [5.74, 6) is -0.566. The zero-order valence-electron chi connectivity index (χ0n) is 11.6. The Morgan fingerprint density at radius 1 is 1.35 bits per heavy atom. The quantitative estimate of drug-likeness (QED) is 0.847. The second-order valence-electron chi connectivity index (χ2n) is 5.21. The Morgan fingerprint density at radius 2 is 2.00 bits per heavy atom. The standard InChI is InChI=1S/C14H19F3N2O/c1-10(2)8-19(9-14(15,16)17)13(20)7-11-4-3-5-12(18)6-11/h3-6,10H,7-9,18H2,1-2H3. The Kier molecular flexibility index (Phi) is 5.42. The highest BCUT2D eigenvalue weighted by Crippen LogP contribution is 2.18. The molecule has 0 bridgehead atoms. The van der Waals surface area contributed by atoms with Crippen molar-refractivity contribution in [3.05, 3.63) is 29.8 Å². The fraction of sp³-hybridized carbons (Fsp3) is 0.500. The Morgan fingerprint density at radius 3 is 2.50 bits per heavy atom. The zero-order chi connectivity index (χ0) is 15.3. The van der Waals surface area contributed by atoms with E-state index in [0.717, 1.165) is 4.90 Å². The number of nitrogen functional groups attached to an aromatic ring is 1. The number of nitrogens with zero attached hydrogens (tertiary/aromatic N) is 1. The molecule has 1 amide bonds. The Hall–Kier alpha value is -1.72. The zero-order valence-corrected chi connectivity index (χ0v) is 11.6. The molecule has 0 unspecified atom stereocenters. The summed E-state index contributed by atoms with van der Waals surface area (Å²) in [4.78, 5) is 12.9. The van der Waals surface area contributed by atoms with E-state index >= 15 is 0 Å². The molecule has 3 nitrogen and oxygen atoms in total. The third-order valence-electron chi connectivity index (χ3n) is 2.61. The molecule has 0 spiro atoms. The van der Waals surface area contributed by atoms with E-state index in [1.165, 1.54) is 0 Å². The molecule has 2 N–H and O–H groups in total. The number of anilines is 1. The topological polar surface area (TPSA) is 46.3 Å². The van der Waals surface area contributed by atoms with Gasteiger partial charge < -0.3 is 10.6 Å². The maximum atomic E-state index is 12.5. The van der Waals surface area contributed by atoms with Gasteiger partial charge in [-0.25, -0.2) is 0 Å². The lowest BCUT2D eigenvalue weighted by Gasteiger charge is -2.25. The van der Waals surface area contributed by atoms with E-state index < -0.39 is 18.6 Å². The highest BCUT2D eigenvalue weighted by Gasteiger charge is 2.33. The number of amides is 1. The minimum absolute atomic E-state index is 0.0258. The molecule has 1 rings (SSSR count). The van der Waals surface area contributed by atoms with Gasteiger partial charge >= 0.3 is 6.18 Å². The van der Waals surface area contributed by atoms with E-state index in [-0.39, 0.29) is 18.9 Å². The lowest BCUT2D eigenvalue weighted by atomic mass is 10.1. The van der Waals surface area contributed by atoms with Crippen molar-refractivity contribution in [3.63, 3.8) is 0 Å². The average Bonchev–Trinajstić information content (AvgIpc) is 2.25. The van der Waals surface area contributed by atoms with E-state index in [2.05, 4.69) is 0 Å². The highest BCUT2D eigenvalue weighted by atomic mass is 19.4. The molecule has 20 heavy (non-hydrogen) atoms. The van der Waals surface area contributed by atoms with Gasteiger partial charge in [-0.2, -0.15) is 13.2 Å². The van der Waals surface area contributed by atoms with Gasteiger partial charge in [0.15, 0.2) is 0 Å². The Labute approximate surface area is 116 Å². The first-order valence-corrected chi connectivity index (χ1v) is 6.36. The normalized spacial score (nSPS) is 11.7. The maximum Gasteiger partial charge on any atom is 0.406 e. The molecular formula is C14H19F3N2O. The SMILES string of the molecule is CC(C)CN(CC(F)(F)F)C(=O)Cc1cccc(N)c1. The molecule has 0 aliphatic carbocycles. The van der Waals surface area contributed by atoms with Crippen LogP contribution < -0.4 is 5.73 Å². The molecule has 0 aromatic heterocycles. The number of alkyl halides is 3. The van der Waals surface area contributed by atoms with Crippen molar-refractivity contribution in [3.8, 4) is 0 Å². The number of hydrogen-bond acceptors (Lipinski definition) is 2. The molecule has 0 radical (unpaired) electrons. The van der Waals surface area contributed by atoms with Gasteiger partial charge in [-0.05, 0) is 23.6 Å². The van der Waals surface area contributed by atoms with E-state index in [4.69, 9.17) is 5.73 Å². The summed E-state index contributed by atoms with van der Waals surface area (Å²) < 4.78 is 37.5. The molecule has 112 valence electrons. The summed E-state index contributed by atoms with van der Waals surface area (Å²) >= 11 is 0. The second-order valence-corrected chi connectivity index (χ2v) is 5.21. The van der Waals surface area contributed by atoms with Gasteiger partial charge in [-0.1, -0.05) is 26.0 Å². The van der Waals surface area contributed by atoms with E-state index in [1.54, 1.807) is 38.1 Å². The Balaban J connectivity index is 2.77. The van der Waals surface area contributed by atoms with Crippen LogP contribution in [0.4, 0.5) is 18.9 Å². The van der Waals surface area contributed by atoms with Crippen LogP contribution in [0.2, 0.25) is 0 Å². The summed E-state index contributed by atoms with van der Waals surface area (Å²) in [5, 5.41) is 0. The van der Waals surface area contributed by atoms with Crippen molar-refractivity contribution in [1.82, 2.24) is 4.90 Å². The summed E-state index contributed by atoms with van der Waals surface area (Å²) in [6.45, 7) is 2.42. The predicted molar refractivity (Wildman–Crippen MR) is 72.0 cm³/mol. The van der Waals surface area contributed by atoms with Crippen molar-refractivity contribution >= 4 is 11.6 Å². The van der Waals surface area contributed by atoms with Crippen molar-refractivity contribution < 1.29 is 18.0 Å². The van der Waals surface area contributed by atoms with Crippen LogP contribution in [0.3, 0.4) is 0 Å². The third-order valence-corrected chi connectivity index (χ3v) is 2.61. The monoisotopic (exact) mass is 288 g/mol. The summed E-state index contributed by atoms with van der Waals surface area (Å²) in [6.07, 6.45) is -4.46. The molecule has 6 heteroatoms. The van der Waals surface area contributed by atoms with Crippen molar-refractivity contribution in [1.29, 1.82) is 0 Å². The van der Waals surface area contributed by atoms with Gasteiger partial charge in [0.25, 0.3) is 0 Å². The lowest BCUT2D eigenvalue weighted by molar-refractivity contribution is -0.161. The average molecular weight is 288 g/mol. The lowest BCUT2D eigenvalue weighted by Crippen LogP contribution is -2.41. The molecule has 0 fully saturated rings. The van der Waals surface area contributed by atoms with Crippen molar-refractivity contribution in [2.75, 3.05) is 18.8 Å². The Bertz CT molecular complexity index is 458. The summed E-state index contributed by atoms with van der Waals surface area (Å²) in [7, 11) is 0. The number of nitrogens with two attached hydrogens (primary N) is 1. The smallest absolute Gasteiger partial charge is 0.399 e. The largest absolute Gasteiger partial charge is 0.406 e. The van der Waals surface area contributed by atoms with Crippen LogP contribution >= 0.6 is 0 Å². The predicted octanol–water partition coefficient (Wildman–Crippen LogP) is 2.86. The van der Waals surface area contributed by atoms with Crippen molar-refractivity contribution in [2.24, 2.45) is 5.92 Å². The van der Waals surface area contributed by atoms with Crippen LogP contribution in [0.5, 0.6) is 0 Å². The number of carbonyl (C=O) groups is 1. The van der Waals surface area contributed by atoms with E-state index in [0.29, 0.717) is 11.3 Å². The number of carbonyl (C=O) groups excluding carboxylic acids is 1. The van der Waals surface area contributed by atoms with Gasteiger partial charge in [-0.3, -0.25) is 4.79 Å². The van der Waals surface area contributed by atoms with Gasteiger partial charge in [0.05, 0.1) is 6.42 Å². The van der Waals surface area contributed by atoms with Gasteiger partial charge in [-0.15, -0.1) is 0 Å². The summed E-state index contributed by atoms with van der Waals surface area (Å²) in [5.41, 5.74) is 6.69. The number of benzene rings is 1. The van der Waals surface area contributed by atoms with Crippen LogP contribution in [-0.2, 0) is 11.2 Å². The number of rotatable bonds is 5. The molecule has 0 saturated heterocycles. The van der Waals surface area contributed by atoms with Crippen LogP contribution in [0, 0.1) is 5.92 Å². The van der Waals surface area contributed by atoms with Gasteiger partial charge in [0.1, 0.15) is 6.54 Å². The first kappa shape index (κ1) is 16.3. The minimum Gasteiger partial charge on any atom is -0.399 e. The number of hydrogen-bond donors (Lipinski definition) is 1.